The Balaban J connectivity index is 1.12. The van der Waals surface area contributed by atoms with Crippen LogP contribution >= 0.6 is 0 Å². The Morgan fingerprint density at radius 2 is 0.902 bits per heavy atom. The highest BCUT2D eigenvalue weighted by molar-refractivity contribution is 6.20. The van der Waals surface area contributed by atoms with E-state index in [0.29, 0.717) is 23.2 Å². The summed E-state index contributed by atoms with van der Waals surface area (Å²) >= 11 is 0. The molecule has 51 heavy (non-hydrogen) atoms. The lowest BCUT2D eigenvalue weighted by Gasteiger charge is -2.15. The molecule has 10 rings (SSSR count). The standard InChI is InChI=1S/C47H29N3O/c1-2-13-31(14-3-1)45-48-46(50-47(49-45)43-29-35-16-6-9-23-42(35)51-43)37-20-11-18-33(27-37)32-17-10-19-36(26-32)44-39-22-8-5-15-34(39)28-41-38-21-7-4-12-30(38)24-25-40(41)44/h1-29H. The van der Waals surface area contributed by atoms with Crippen LogP contribution in [0.3, 0.4) is 0 Å². The van der Waals surface area contributed by atoms with Crippen molar-refractivity contribution in [2.75, 3.05) is 0 Å². The largest absolute Gasteiger partial charge is 0.453 e. The van der Waals surface area contributed by atoms with Crippen LogP contribution in [0.4, 0.5) is 0 Å². The molecule has 0 spiro atoms. The van der Waals surface area contributed by atoms with E-state index in [1.807, 2.05) is 60.7 Å². The highest BCUT2D eigenvalue weighted by Crippen LogP contribution is 2.40. The van der Waals surface area contributed by atoms with Gasteiger partial charge >= 0.3 is 0 Å². The number of rotatable bonds is 5. The van der Waals surface area contributed by atoms with Gasteiger partial charge in [0.1, 0.15) is 5.58 Å². The van der Waals surface area contributed by atoms with Crippen LogP contribution in [0.2, 0.25) is 0 Å². The van der Waals surface area contributed by atoms with Gasteiger partial charge in [0.2, 0.25) is 0 Å². The molecular weight excluding hydrogens is 623 g/mol. The molecule has 238 valence electrons. The Hall–Kier alpha value is -6.91. The van der Waals surface area contributed by atoms with Crippen LogP contribution in [0.1, 0.15) is 0 Å². The number of hydrogen-bond acceptors (Lipinski definition) is 4. The van der Waals surface area contributed by atoms with Crippen molar-refractivity contribution in [1.82, 2.24) is 15.0 Å². The van der Waals surface area contributed by atoms with Gasteiger partial charge in [0.15, 0.2) is 23.2 Å². The lowest BCUT2D eigenvalue weighted by molar-refractivity contribution is 0.625. The van der Waals surface area contributed by atoms with Crippen LogP contribution in [-0.4, -0.2) is 15.0 Å². The molecule has 0 atom stereocenters. The Labute approximate surface area is 294 Å². The molecule has 0 saturated heterocycles. The molecule has 8 aromatic carbocycles. The number of aromatic nitrogens is 3. The van der Waals surface area contributed by atoms with Crippen LogP contribution in [0.25, 0.3) is 99.9 Å². The third kappa shape index (κ3) is 5.13. The smallest absolute Gasteiger partial charge is 0.199 e. The molecule has 10 aromatic rings. The summed E-state index contributed by atoms with van der Waals surface area (Å²) in [5.74, 6) is 2.29. The molecule has 0 N–H and O–H groups in total. The summed E-state index contributed by atoms with van der Waals surface area (Å²) in [6.45, 7) is 0. The van der Waals surface area contributed by atoms with Crippen molar-refractivity contribution < 1.29 is 4.42 Å². The zero-order valence-electron chi connectivity index (χ0n) is 27.5. The van der Waals surface area contributed by atoms with E-state index in [1.165, 1.54) is 43.4 Å². The lowest BCUT2D eigenvalue weighted by atomic mass is 9.89. The fraction of sp³-hybridized carbons (Fsp3) is 0. The van der Waals surface area contributed by atoms with Crippen molar-refractivity contribution in [2.24, 2.45) is 0 Å². The fourth-order valence-electron chi connectivity index (χ4n) is 7.25. The molecule has 0 aliphatic carbocycles. The Morgan fingerprint density at radius 3 is 1.71 bits per heavy atom. The minimum absolute atomic E-state index is 0.498. The van der Waals surface area contributed by atoms with Gasteiger partial charge in [-0.15, -0.1) is 0 Å². The molecule has 0 saturated carbocycles. The minimum atomic E-state index is 0.498. The van der Waals surface area contributed by atoms with E-state index in [-0.39, 0.29) is 0 Å². The Kier molecular flexibility index (Phi) is 6.78. The van der Waals surface area contributed by atoms with Gasteiger partial charge < -0.3 is 4.42 Å². The number of furan rings is 1. The van der Waals surface area contributed by atoms with E-state index in [9.17, 15) is 0 Å². The first-order valence-electron chi connectivity index (χ1n) is 17.1. The summed E-state index contributed by atoms with van der Waals surface area (Å²) in [5, 5.41) is 8.49. The van der Waals surface area contributed by atoms with Gasteiger partial charge in [0, 0.05) is 16.5 Å². The van der Waals surface area contributed by atoms with Crippen LogP contribution in [-0.2, 0) is 0 Å². The van der Waals surface area contributed by atoms with E-state index in [4.69, 9.17) is 19.4 Å². The molecular formula is C47H29N3O. The highest BCUT2D eigenvalue weighted by Gasteiger charge is 2.17. The topological polar surface area (TPSA) is 51.8 Å². The zero-order chi connectivity index (χ0) is 33.7. The van der Waals surface area contributed by atoms with Crippen molar-refractivity contribution >= 4 is 43.3 Å². The van der Waals surface area contributed by atoms with Gasteiger partial charge in [-0.2, -0.15) is 0 Å². The second-order valence-corrected chi connectivity index (χ2v) is 12.8. The van der Waals surface area contributed by atoms with Crippen molar-refractivity contribution in [1.29, 1.82) is 0 Å². The molecule has 4 heteroatoms. The maximum Gasteiger partial charge on any atom is 0.199 e. The van der Waals surface area contributed by atoms with E-state index in [0.717, 1.165) is 33.2 Å². The molecule has 0 fully saturated rings. The average molecular weight is 652 g/mol. The predicted molar refractivity (Wildman–Crippen MR) is 209 cm³/mol. The van der Waals surface area contributed by atoms with Gasteiger partial charge in [-0.25, -0.2) is 15.0 Å². The molecule has 0 bridgehead atoms. The summed E-state index contributed by atoms with van der Waals surface area (Å²) in [6, 6.07) is 61.5. The highest BCUT2D eigenvalue weighted by atomic mass is 16.3. The maximum atomic E-state index is 6.22. The zero-order valence-corrected chi connectivity index (χ0v) is 27.5. The molecule has 0 unspecified atom stereocenters. The molecule has 0 amide bonds. The van der Waals surface area contributed by atoms with Crippen LogP contribution < -0.4 is 0 Å². The maximum absolute atomic E-state index is 6.22. The molecule has 2 heterocycles. The summed E-state index contributed by atoms with van der Waals surface area (Å²) < 4.78 is 6.22. The molecule has 2 aromatic heterocycles. The average Bonchev–Trinajstić information content (AvgIpc) is 3.65. The fourth-order valence-corrected chi connectivity index (χ4v) is 7.25. The third-order valence-electron chi connectivity index (χ3n) is 9.69. The van der Waals surface area contributed by atoms with Crippen LogP contribution in [0.5, 0.6) is 0 Å². The van der Waals surface area contributed by atoms with Crippen molar-refractivity contribution in [2.45, 2.75) is 0 Å². The summed E-state index contributed by atoms with van der Waals surface area (Å²) in [4.78, 5) is 14.8. The Bertz CT molecular complexity index is 2890. The molecule has 0 aliphatic heterocycles. The first-order chi connectivity index (χ1) is 25.2. The van der Waals surface area contributed by atoms with Crippen LogP contribution in [0.15, 0.2) is 180 Å². The molecule has 4 nitrogen and oxygen atoms in total. The van der Waals surface area contributed by atoms with E-state index >= 15 is 0 Å². The quantitative estimate of drug-likeness (QED) is 0.137. The van der Waals surface area contributed by atoms with E-state index in [1.54, 1.807) is 0 Å². The SMILES string of the molecule is c1ccc(-c2nc(-c3cccc(-c4cccc(-c5c6ccccc6cc6c5ccc5ccccc56)c4)c3)nc(-c3cc4ccccc4o3)n2)cc1. The molecule has 0 radical (unpaired) electrons. The second kappa shape index (κ2) is 11.9. The lowest BCUT2D eigenvalue weighted by Crippen LogP contribution is -1.99. The normalized spacial score (nSPS) is 11.5. The first kappa shape index (κ1) is 29.0. The number of benzene rings is 8. The monoisotopic (exact) mass is 651 g/mol. The van der Waals surface area contributed by atoms with Gasteiger partial charge in [-0.3, -0.25) is 0 Å². The summed E-state index contributed by atoms with van der Waals surface area (Å²) in [5.41, 5.74) is 7.22. The predicted octanol–water partition coefficient (Wildman–Crippen LogP) is 12.4. The number of fused-ring (bicyclic) bond motifs is 5. The first-order valence-corrected chi connectivity index (χ1v) is 17.1. The number of hydrogen-bond donors (Lipinski definition) is 0. The summed E-state index contributed by atoms with van der Waals surface area (Å²) in [6.07, 6.45) is 0. The van der Waals surface area contributed by atoms with Gasteiger partial charge in [0.05, 0.1) is 0 Å². The van der Waals surface area contributed by atoms with Crippen LogP contribution in [0, 0.1) is 0 Å². The van der Waals surface area contributed by atoms with Crippen molar-refractivity contribution in [3.05, 3.63) is 176 Å². The Morgan fingerprint density at radius 1 is 0.314 bits per heavy atom. The van der Waals surface area contributed by atoms with Gasteiger partial charge in [-0.1, -0.05) is 146 Å². The minimum Gasteiger partial charge on any atom is -0.453 e. The van der Waals surface area contributed by atoms with E-state index < -0.39 is 0 Å². The van der Waals surface area contributed by atoms with Gasteiger partial charge in [-0.05, 0) is 84.9 Å². The summed E-state index contributed by atoms with van der Waals surface area (Å²) in [7, 11) is 0. The number of para-hydroxylation sites is 1. The van der Waals surface area contributed by atoms with Crippen molar-refractivity contribution in [3.8, 4) is 56.6 Å². The second-order valence-electron chi connectivity index (χ2n) is 12.8. The number of nitrogens with zero attached hydrogens (tertiary/aromatic N) is 3. The van der Waals surface area contributed by atoms with E-state index in [2.05, 4.69) is 115 Å². The van der Waals surface area contributed by atoms with Gasteiger partial charge in [0.25, 0.3) is 0 Å². The molecule has 0 aliphatic rings. The van der Waals surface area contributed by atoms with Crippen molar-refractivity contribution in [3.63, 3.8) is 0 Å². The third-order valence-corrected chi connectivity index (χ3v) is 9.69.